The first-order valence-electron chi connectivity index (χ1n) is 7.00. The summed E-state index contributed by atoms with van der Waals surface area (Å²) in [4.78, 5) is 12.8. The Morgan fingerprint density at radius 1 is 1.36 bits per heavy atom. The van der Waals surface area contributed by atoms with E-state index in [0.29, 0.717) is 11.3 Å². The molecule has 6 nitrogen and oxygen atoms in total. The number of thiophene rings is 1. The second-order valence-corrected chi connectivity index (χ2v) is 9.35. The molecule has 1 aliphatic heterocycles. The van der Waals surface area contributed by atoms with E-state index in [-0.39, 0.29) is 22.4 Å². The van der Waals surface area contributed by atoms with Gasteiger partial charge >= 0.3 is 0 Å². The van der Waals surface area contributed by atoms with Gasteiger partial charge in [0, 0.05) is 5.38 Å². The molecule has 1 aromatic heterocycles. The quantitative estimate of drug-likeness (QED) is 0.869. The maximum atomic E-state index is 12.4. The molecule has 124 valence electrons. The van der Waals surface area contributed by atoms with E-state index >= 15 is 0 Å². The smallest absolute Gasteiger partial charge is 0.261 e. The molecule has 22 heavy (non-hydrogen) atoms. The van der Waals surface area contributed by atoms with E-state index in [4.69, 9.17) is 4.74 Å². The average molecular weight is 346 g/mol. The number of nitrogens with one attached hydrogen (secondary N) is 2. The molecule has 0 radical (unpaired) electrons. The maximum Gasteiger partial charge on any atom is 0.261 e. The summed E-state index contributed by atoms with van der Waals surface area (Å²) in [5.74, 6) is -0.276. The molecule has 2 heterocycles. The summed E-state index contributed by atoms with van der Waals surface area (Å²) in [5.41, 5.74) is -0.756. The maximum absolute atomic E-state index is 12.4. The SMILES string of the molecule is CNS(=O)(=O)c1csc(C(=O)NC2CC(C)(C)OC2(C)C)c1. The molecule has 0 spiro atoms. The molecule has 2 N–H and O–H groups in total. The molecule has 1 amide bonds. The molecule has 1 fully saturated rings. The average Bonchev–Trinajstić information content (AvgIpc) is 2.92. The Bertz CT molecular complexity index is 677. The minimum atomic E-state index is -3.52. The van der Waals surface area contributed by atoms with E-state index in [9.17, 15) is 13.2 Å². The predicted octanol–water partition coefficient (Wildman–Crippen LogP) is 1.73. The summed E-state index contributed by atoms with van der Waals surface area (Å²) in [5, 5.41) is 4.41. The highest BCUT2D eigenvalue weighted by molar-refractivity contribution is 7.89. The van der Waals surface area contributed by atoms with Crippen molar-refractivity contribution in [3.8, 4) is 0 Å². The molecule has 1 atom stereocenters. The van der Waals surface area contributed by atoms with Gasteiger partial charge in [-0.1, -0.05) is 0 Å². The van der Waals surface area contributed by atoms with Crippen molar-refractivity contribution >= 4 is 27.3 Å². The van der Waals surface area contributed by atoms with Gasteiger partial charge in [0.2, 0.25) is 10.0 Å². The summed E-state index contributed by atoms with van der Waals surface area (Å²) in [6.45, 7) is 7.86. The summed E-state index contributed by atoms with van der Waals surface area (Å²) in [7, 11) is -2.18. The molecular weight excluding hydrogens is 324 g/mol. The zero-order valence-corrected chi connectivity index (χ0v) is 15.0. The summed E-state index contributed by atoms with van der Waals surface area (Å²) in [6.07, 6.45) is 0.707. The summed E-state index contributed by atoms with van der Waals surface area (Å²) in [6, 6.07) is 1.27. The highest BCUT2D eigenvalue weighted by Crippen LogP contribution is 2.37. The van der Waals surface area contributed by atoms with E-state index in [1.165, 1.54) is 18.5 Å². The summed E-state index contributed by atoms with van der Waals surface area (Å²) >= 11 is 1.11. The van der Waals surface area contributed by atoms with E-state index in [0.717, 1.165) is 11.3 Å². The first-order chi connectivity index (χ1) is 9.97. The van der Waals surface area contributed by atoms with Crippen molar-refractivity contribution in [2.24, 2.45) is 0 Å². The molecule has 1 saturated heterocycles. The number of amides is 1. The van der Waals surface area contributed by atoms with Crippen LogP contribution in [0.25, 0.3) is 0 Å². The number of ether oxygens (including phenoxy) is 1. The minimum absolute atomic E-state index is 0.104. The van der Waals surface area contributed by atoms with Crippen LogP contribution in [-0.2, 0) is 14.8 Å². The fourth-order valence-electron chi connectivity index (χ4n) is 2.71. The van der Waals surface area contributed by atoms with Gasteiger partial charge in [-0.05, 0) is 47.2 Å². The number of hydrogen-bond acceptors (Lipinski definition) is 5. The highest BCUT2D eigenvalue weighted by Gasteiger charge is 2.46. The van der Waals surface area contributed by atoms with E-state index < -0.39 is 15.6 Å². The van der Waals surface area contributed by atoms with Crippen LogP contribution in [0.4, 0.5) is 0 Å². The number of rotatable bonds is 4. The Hall–Kier alpha value is -0.960. The molecule has 0 aliphatic carbocycles. The van der Waals surface area contributed by atoms with Crippen LogP contribution in [0.3, 0.4) is 0 Å². The molecule has 0 aromatic carbocycles. The zero-order valence-electron chi connectivity index (χ0n) is 13.4. The largest absolute Gasteiger partial charge is 0.367 e. The summed E-state index contributed by atoms with van der Waals surface area (Å²) < 4.78 is 31.6. The van der Waals surface area contributed by atoms with Crippen LogP contribution in [-0.4, -0.2) is 38.6 Å². The Morgan fingerprint density at radius 3 is 2.50 bits per heavy atom. The highest BCUT2D eigenvalue weighted by atomic mass is 32.2. The van der Waals surface area contributed by atoms with Crippen molar-refractivity contribution in [2.75, 3.05) is 7.05 Å². The van der Waals surface area contributed by atoms with Crippen LogP contribution in [0.1, 0.15) is 43.8 Å². The second kappa shape index (κ2) is 5.59. The van der Waals surface area contributed by atoms with Gasteiger partial charge in [-0.2, -0.15) is 0 Å². The van der Waals surface area contributed by atoms with Crippen LogP contribution in [0.5, 0.6) is 0 Å². The number of carbonyl (C=O) groups excluding carboxylic acids is 1. The van der Waals surface area contributed by atoms with E-state index in [2.05, 4.69) is 10.0 Å². The normalized spacial score (nSPS) is 23.4. The lowest BCUT2D eigenvalue weighted by Crippen LogP contribution is -2.45. The molecule has 1 aromatic rings. The van der Waals surface area contributed by atoms with Crippen molar-refractivity contribution in [1.82, 2.24) is 10.0 Å². The number of sulfonamides is 1. The first-order valence-corrected chi connectivity index (χ1v) is 9.36. The predicted molar refractivity (Wildman–Crippen MR) is 85.7 cm³/mol. The Labute approximate surface area is 135 Å². The Morgan fingerprint density at radius 2 is 2.00 bits per heavy atom. The lowest BCUT2D eigenvalue weighted by atomic mass is 9.94. The van der Waals surface area contributed by atoms with Gasteiger partial charge in [0.1, 0.15) is 0 Å². The molecule has 0 bridgehead atoms. The number of carbonyl (C=O) groups is 1. The van der Waals surface area contributed by atoms with Crippen LogP contribution >= 0.6 is 11.3 Å². The third-order valence-electron chi connectivity index (χ3n) is 3.76. The Balaban J connectivity index is 2.14. The molecule has 1 aliphatic rings. The molecule has 1 unspecified atom stereocenters. The molecular formula is C14H22N2O4S2. The van der Waals surface area contributed by atoms with Gasteiger partial charge in [0.05, 0.1) is 27.0 Å². The van der Waals surface area contributed by atoms with Gasteiger partial charge in [-0.15, -0.1) is 11.3 Å². The number of hydrogen-bond donors (Lipinski definition) is 2. The van der Waals surface area contributed by atoms with Crippen LogP contribution in [0, 0.1) is 0 Å². The Kier molecular flexibility index (Phi) is 4.42. The zero-order chi connectivity index (χ0) is 16.8. The molecule has 0 saturated carbocycles. The van der Waals surface area contributed by atoms with Crippen LogP contribution < -0.4 is 10.0 Å². The third kappa shape index (κ3) is 3.51. The fraction of sp³-hybridized carbons (Fsp3) is 0.643. The minimum Gasteiger partial charge on any atom is -0.367 e. The van der Waals surface area contributed by atoms with Crippen LogP contribution in [0.2, 0.25) is 0 Å². The topological polar surface area (TPSA) is 84.5 Å². The lowest BCUT2D eigenvalue weighted by molar-refractivity contribution is -0.0693. The van der Waals surface area contributed by atoms with Gasteiger partial charge in [-0.25, -0.2) is 13.1 Å². The molecule has 8 heteroatoms. The monoisotopic (exact) mass is 346 g/mol. The van der Waals surface area contributed by atoms with E-state index in [1.807, 2.05) is 27.7 Å². The van der Waals surface area contributed by atoms with Crippen molar-refractivity contribution < 1.29 is 17.9 Å². The molecule has 2 rings (SSSR count). The van der Waals surface area contributed by atoms with Crippen molar-refractivity contribution in [3.63, 3.8) is 0 Å². The van der Waals surface area contributed by atoms with E-state index in [1.54, 1.807) is 0 Å². The second-order valence-electron chi connectivity index (χ2n) is 6.55. The van der Waals surface area contributed by atoms with Gasteiger partial charge < -0.3 is 10.1 Å². The third-order valence-corrected chi connectivity index (χ3v) is 6.23. The standard InChI is InChI=1S/C14H22N2O4S2/c1-13(2)7-11(14(3,4)20-13)16-12(17)10-6-9(8-21-10)22(18,19)15-5/h6,8,11,15H,7H2,1-5H3,(H,16,17). The lowest BCUT2D eigenvalue weighted by Gasteiger charge is -2.27. The van der Waals surface area contributed by atoms with Gasteiger partial charge in [0.25, 0.3) is 5.91 Å². The van der Waals surface area contributed by atoms with Crippen molar-refractivity contribution in [1.29, 1.82) is 0 Å². The van der Waals surface area contributed by atoms with Gasteiger partial charge in [0.15, 0.2) is 0 Å². The first kappa shape index (κ1) is 17.4. The van der Waals surface area contributed by atoms with Crippen molar-refractivity contribution in [2.45, 2.75) is 56.3 Å². The fourth-order valence-corrected chi connectivity index (χ4v) is 4.62. The van der Waals surface area contributed by atoms with Crippen molar-refractivity contribution in [3.05, 3.63) is 16.3 Å². The van der Waals surface area contributed by atoms with Gasteiger partial charge in [-0.3, -0.25) is 4.79 Å². The van der Waals surface area contributed by atoms with Crippen LogP contribution in [0.15, 0.2) is 16.3 Å².